The van der Waals surface area contributed by atoms with Gasteiger partial charge in [0.15, 0.2) is 0 Å². The van der Waals surface area contributed by atoms with E-state index in [0.29, 0.717) is 6.54 Å². The molecule has 0 spiro atoms. The molecule has 0 aliphatic heterocycles. The van der Waals surface area contributed by atoms with Crippen molar-refractivity contribution in [1.29, 1.82) is 0 Å². The molecule has 0 fully saturated rings. The SMILES string of the molecule is [Cl-].c1ccc(-n2cnc3cc(NCc4ccccn4)ccc32)cc1. The molecule has 0 unspecified atom stereocenters. The van der Waals surface area contributed by atoms with Gasteiger partial charge in [0.05, 0.1) is 23.3 Å². The number of fused-ring (bicyclic) bond motifs is 1. The molecule has 2 heterocycles. The van der Waals surface area contributed by atoms with Crippen LogP contribution in [0.3, 0.4) is 0 Å². The lowest BCUT2D eigenvalue weighted by atomic mass is 10.2. The first-order valence-corrected chi connectivity index (χ1v) is 7.56. The monoisotopic (exact) mass is 335 g/mol. The zero-order valence-electron chi connectivity index (χ0n) is 12.9. The molecule has 0 atom stereocenters. The Hall–Kier alpha value is -2.85. The highest BCUT2D eigenvalue weighted by Crippen LogP contribution is 2.21. The number of hydrogen-bond donors (Lipinski definition) is 1. The maximum Gasteiger partial charge on any atom is 0.100 e. The molecule has 4 rings (SSSR count). The van der Waals surface area contributed by atoms with Crippen LogP contribution in [0.4, 0.5) is 5.69 Å². The van der Waals surface area contributed by atoms with Crippen molar-refractivity contribution in [3.8, 4) is 5.69 Å². The van der Waals surface area contributed by atoms with E-state index in [1.54, 1.807) is 0 Å². The molecule has 4 aromatic rings. The fraction of sp³-hybridized carbons (Fsp3) is 0.0526. The Morgan fingerprint density at radius 2 is 1.71 bits per heavy atom. The minimum absolute atomic E-state index is 0. The highest BCUT2D eigenvalue weighted by atomic mass is 35.5. The second-order valence-electron chi connectivity index (χ2n) is 5.33. The zero-order valence-corrected chi connectivity index (χ0v) is 13.7. The third-order valence-corrected chi connectivity index (χ3v) is 3.78. The van der Waals surface area contributed by atoms with Crippen molar-refractivity contribution in [3.05, 3.63) is 84.9 Å². The number of nitrogens with one attached hydrogen (secondary N) is 1. The third-order valence-electron chi connectivity index (χ3n) is 3.78. The van der Waals surface area contributed by atoms with Crippen LogP contribution in [-0.4, -0.2) is 14.5 Å². The van der Waals surface area contributed by atoms with Crippen LogP contribution in [0.2, 0.25) is 0 Å². The Balaban J connectivity index is 0.00000169. The van der Waals surface area contributed by atoms with Gasteiger partial charge >= 0.3 is 0 Å². The Labute approximate surface area is 146 Å². The van der Waals surface area contributed by atoms with E-state index >= 15 is 0 Å². The molecule has 2 aromatic heterocycles. The largest absolute Gasteiger partial charge is 1.00 e. The third kappa shape index (κ3) is 3.24. The molecule has 5 heteroatoms. The number of pyridine rings is 1. The molecule has 0 aliphatic rings. The minimum atomic E-state index is 0. The van der Waals surface area contributed by atoms with Crippen molar-refractivity contribution >= 4 is 16.7 Å². The smallest absolute Gasteiger partial charge is 0.100 e. The van der Waals surface area contributed by atoms with Gasteiger partial charge in [-0.25, -0.2) is 4.98 Å². The maximum atomic E-state index is 4.52. The van der Waals surface area contributed by atoms with E-state index in [2.05, 4.69) is 50.2 Å². The Bertz CT molecular complexity index is 920. The zero-order chi connectivity index (χ0) is 15.5. The van der Waals surface area contributed by atoms with Gasteiger partial charge in [-0.2, -0.15) is 0 Å². The van der Waals surface area contributed by atoms with Crippen molar-refractivity contribution < 1.29 is 12.4 Å². The number of halogens is 1. The summed E-state index contributed by atoms with van der Waals surface area (Å²) in [5.41, 5.74) is 5.24. The fourth-order valence-corrected chi connectivity index (χ4v) is 2.61. The van der Waals surface area contributed by atoms with E-state index in [1.165, 1.54) is 0 Å². The highest BCUT2D eigenvalue weighted by Gasteiger charge is 2.05. The van der Waals surface area contributed by atoms with Gasteiger partial charge in [0, 0.05) is 17.6 Å². The first kappa shape index (κ1) is 16.0. The normalized spacial score (nSPS) is 10.3. The minimum Gasteiger partial charge on any atom is -1.00 e. The fourth-order valence-electron chi connectivity index (χ4n) is 2.61. The number of aromatic nitrogens is 3. The first-order valence-electron chi connectivity index (χ1n) is 7.56. The molecule has 120 valence electrons. The van der Waals surface area contributed by atoms with Gasteiger partial charge in [-0.05, 0) is 42.5 Å². The summed E-state index contributed by atoms with van der Waals surface area (Å²) < 4.78 is 2.10. The molecule has 24 heavy (non-hydrogen) atoms. The second-order valence-corrected chi connectivity index (χ2v) is 5.33. The predicted octanol–water partition coefficient (Wildman–Crippen LogP) is 1.04. The van der Waals surface area contributed by atoms with Gasteiger partial charge in [0.1, 0.15) is 6.33 Å². The maximum absolute atomic E-state index is 4.52. The highest BCUT2D eigenvalue weighted by molar-refractivity contribution is 5.81. The Kier molecular flexibility index (Phi) is 4.77. The van der Waals surface area contributed by atoms with Gasteiger partial charge < -0.3 is 17.7 Å². The average molecular weight is 336 g/mol. The van der Waals surface area contributed by atoms with Gasteiger partial charge in [-0.1, -0.05) is 24.3 Å². The summed E-state index contributed by atoms with van der Waals surface area (Å²) >= 11 is 0. The summed E-state index contributed by atoms with van der Waals surface area (Å²) in [7, 11) is 0. The summed E-state index contributed by atoms with van der Waals surface area (Å²) in [6.45, 7) is 0.700. The molecule has 0 saturated heterocycles. The van der Waals surface area contributed by atoms with E-state index in [4.69, 9.17) is 0 Å². The standard InChI is InChI=1S/C19H16N4.ClH/c1-2-7-17(8-3-1)23-14-22-18-12-15(9-10-19(18)23)21-13-16-6-4-5-11-20-16;/h1-12,14,21H,13H2;1H/p-1. The number of rotatable bonds is 4. The van der Waals surface area contributed by atoms with E-state index in [1.807, 2.05) is 48.9 Å². The molecule has 1 N–H and O–H groups in total. The van der Waals surface area contributed by atoms with E-state index in [-0.39, 0.29) is 12.4 Å². The van der Waals surface area contributed by atoms with Crippen LogP contribution in [-0.2, 0) is 6.54 Å². The second kappa shape index (κ2) is 7.15. The number of para-hydroxylation sites is 1. The lowest BCUT2D eigenvalue weighted by molar-refractivity contribution is -0.00000466. The van der Waals surface area contributed by atoms with Crippen LogP contribution in [0.15, 0.2) is 79.3 Å². The molecular formula is C19H16ClN4-. The number of hydrogen-bond acceptors (Lipinski definition) is 3. The van der Waals surface area contributed by atoms with E-state index < -0.39 is 0 Å². The Morgan fingerprint density at radius 1 is 0.875 bits per heavy atom. The molecule has 0 bridgehead atoms. The first-order chi connectivity index (χ1) is 11.4. The molecule has 0 radical (unpaired) electrons. The van der Waals surface area contributed by atoms with E-state index in [9.17, 15) is 0 Å². The van der Waals surface area contributed by atoms with Gasteiger partial charge in [-0.15, -0.1) is 0 Å². The lowest BCUT2D eigenvalue weighted by Crippen LogP contribution is -3.00. The van der Waals surface area contributed by atoms with Crippen LogP contribution in [0.25, 0.3) is 16.7 Å². The Morgan fingerprint density at radius 3 is 2.50 bits per heavy atom. The molecular weight excluding hydrogens is 320 g/mol. The van der Waals surface area contributed by atoms with E-state index in [0.717, 1.165) is 28.1 Å². The van der Waals surface area contributed by atoms with Crippen molar-refractivity contribution in [3.63, 3.8) is 0 Å². The van der Waals surface area contributed by atoms with Crippen LogP contribution >= 0.6 is 0 Å². The summed E-state index contributed by atoms with van der Waals surface area (Å²) in [5.74, 6) is 0. The number of anilines is 1. The number of nitrogens with zero attached hydrogens (tertiary/aromatic N) is 3. The molecule has 0 aliphatic carbocycles. The molecule has 0 amide bonds. The molecule has 2 aromatic carbocycles. The van der Waals surface area contributed by atoms with Gasteiger partial charge in [0.2, 0.25) is 0 Å². The quantitative estimate of drug-likeness (QED) is 0.606. The molecule has 0 saturated carbocycles. The summed E-state index contributed by atoms with van der Waals surface area (Å²) in [6.07, 6.45) is 3.67. The summed E-state index contributed by atoms with van der Waals surface area (Å²) in [4.78, 5) is 8.84. The van der Waals surface area contributed by atoms with Crippen molar-refractivity contribution in [2.24, 2.45) is 0 Å². The van der Waals surface area contributed by atoms with Crippen molar-refractivity contribution in [2.75, 3.05) is 5.32 Å². The number of imidazole rings is 1. The topological polar surface area (TPSA) is 42.7 Å². The van der Waals surface area contributed by atoms with Crippen molar-refractivity contribution in [2.45, 2.75) is 6.54 Å². The molecule has 4 nitrogen and oxygen atoms in total. The van der Waals surface area contributed by atoms with Gasteiger partial charge in [0.25, 0.3) is 0 Å². The van der Waals surface area contributed by atoms with Crippen LogP contribution in [0.5, 0.6) is 0 Å². The van der Waals surface area contributed by atoms with Crippen LogP contribution in [0, 0.1) is 0 Å². The van der Waals surface area contributed by atoms with Gasteiger partial charge in [-0.3, -0.25) is 9.55 Å². The summed E-state index contributed by atoms with van der Waals surface area (Å²) in [5, 5.41) is 3.39. The average Bonchev–Trinajstić information content (AvgIpc) is 3.05. The number of benzene rings is 2. The lowest BCUT2D eigenvalue weighted by Gasteiger charge is -2.07. The van der Waals surface area contributed by atoms with Crippen LogP contribution in [0.1, 0.15) is 5.69 Å². The summed E-state index contributed by atoms with van der Waals surface area (Å²) in [6, 6.07) is 22.4. The van der Waals surface area contributed by atoms with Crippen LogP contribution < -0.4 is 17.7 Å². The predicted molar refractivity (Wildman–Crippen MR) is 92.6 cm³/mol. The van der Waals surface area contributed by atoms with Crippen molar-refractivity contribution in [1.82, 2.24) is 14.5 Å².